The second-order valence-corrected chi connectivity index (χ2v) is 4.12. The lowest BCUT2D eigenvalue weighted by molar-refractivity contribution is -0.147. The van der Waals surface area contributed by atoms with Crippen molar-refractivity contribution < 1.29 is 14.3 Å². The summed E-state index contributed by atoms with van der Waals surface area (Å²) in [4.78, 5) is 15.0. The summed E-state index contributed by atoms with van der Waals surface area (Å²) in [5.41, 5.74) is -0.00908. The highest BCUT2D eigenvalue weighted by atomic mass is 16.4. The highest BCUT2D eigenvalue weighted by Crippen LogP contribution is 2.22. The van der Waals surface area contributed by atoms with Crippen LogP contribution in [0.3, 0.4) is 0 Å². The number of aryl methyl sites for hydroxylation is 2. The van der Waals surface area contributed by atoms with Crippen molar-refractivity contribution in [2.45, 2.75) is 34.1 Å². The van der Waals surface area contributed by atoms with E-state index in [1.807, 2.05) is 13.8 Å². The number of hydrogen-bond donors (Lipinski definition) is 1. The number of aliphatic carboxylic acids is 1. The molecule has 0 amide bonds. The van der Waals surface area contributed by atoms with Gasteiger partial charge < -0.3 is 9.52 Å². The quantitative estimate of drug-likeness (QED) is 0.804. The van der Waals surface area contributed by atoms with Crippen LogP contribution in [0, 0.1) is 19.3 Å². The van der Waals surface area contributed by atoms with Gasteiger partial charge in [0.1, 0.15) is 5.76 Å². The van der Waals surface area contributed by atoms with Gasteiger partial charge in [-0.05, 0) is 27.7 Å². The zero-order valence-corrected chi connectivity index (χ0v) is 8.92. The third-order valence-corrected chi connectivity index (χ3v) is 2.24. The van der Waals surface area contributed by atoms with E-state index in [0.29, 0.717) is 12.3 Å². The van der Waals surface area contributed by atoms with Crippen LogP contribution < -0.4 is 0 Å². The van der Waals surface area contributed by atoms with Crippen LogP contribution in [0.1, 0.15) is 31.2 Å². The molecule has 0 aromatic carbocycles. The molecule has 1 aromatic heterocycles. The van der Waals surface area contributed by atoms with E-state index in [2.05, 4.69) is 4.98 Å². The molecule has 0 radical (unpaired) electrons. The molecule has 0 saturated carbocycles. The Morgan fingerprint density at radius 2 is 2.07 bits per heavy atom. The molecular formula is C10H15NO3. The molecule has 0 saturated heterocycles. The van der Waals surface area contributed by atoms with Crippen LogP contribution in [0.4, 0.5) is 0 Å². The van der Waals surface area contributed by atoms with Gasteiger partial charge in [0.25, 0.3) is 0 Å². The number of oxazole rings is 1. The Morgan fingerprint density at radius 1 is 1.50 bits per heavy atom. The molecule has 78 valence electrons. The summed E-state index contributed by atoms with van der Waals surface area (Å²) in [6.07, 6.45) is 0.316. The third kappa shape index (κ3) is 2.13. The van der Waals surface area contributed by atoms with Crippen LogP contribution >= 0.6 is 0 Å². The molecule has 1 aromatic rings. The van der Waals surface area contributed by atoms with Crippen molar-refractivity contribution in [1.29, 1.82) is 0 Å². The SMILES string of the molecule is Cc1nc(CC(C)(C)C(=O)O)oc1C. The van der Waals surface area contributed by atoms with Gasteiger partial charge >= 0.3 is 5.97 Å². The number of aromatic nitrogens is 1. The fourth-order valence-electron chi connectivity index (χ4n) is 1.07. The first kappa shape index (κ1) is 10.8. The average molecular weight is 197 g/mol. The van der Waals surface area contributed by atoms with Crippen molar-refractivity contribution >= 4 is 5.97 Å². The summed E-state index contributed by atoms with van der Waals surface area (Å²) in [5.74, 6) is 0.402. The molecule has 0 fully saturated rings. The van der Waals surface area contributed by atoms with Crippen molar-refractivity contribution in [1.82, 2.24) is 4.98 Å². The maximum Gasteiger partial charge on any atom is 0.309 e. The monoisotopic (exact) mass is 197 g/mol. The van der Waals surface area contributed by atoms with Gasteiger partial charge in [-0.3, -0.25) is 4.79 Å². The van der Waals surface area contributed by atoms with Gasteiger partial charge in [0.15, 0.2) is 5.89 Å². The number of rotatable bonds is 3. The van der Waals surface area contributed by atoms with Crippen LogP contribution in [0.2, 0.25) is 0 Å². The molecule has 14 heavy (non-hydrogen) atoms. The number of hydrogen-bond acceptors (Lipinski definition) is 3. The van der Waals surface area contributed by atoms with Crippen LogP contribution in [-0.4, -0.2) is 16.1 Å². The number of carboxylic acids is 1. The molecule has 4 heteroatoms. The van der Waals surface area contributed by atoms with Gasteiger partial charge in [-0.25, -0.2) is 4.98 Å². The van der Waals surface area contributed by atoms with E-state index in [4.69, 9.17) is 9.52 Å². The molecular weight excluding hydrogens is 182 g/mol. The molecule has 0 aliphatic carbocycles. The van der Waals surface area contributed by atoms with E-state index in [0.717, 1.165) is 11.5 Å². The highest BCUT2D eigenvalue weighted by molar-refractivity contribution is 5.73. The summed E-state index contributed by atoms with van der Waals surface area (Å²) in [6.45, 7) is 6.98. The molecule has 1 N–H and O–H groups in total. The molecule has 0 aliphatic rings. The van der Waals surface area contributed by atoms with E-state index >= 15 is 0 Å². The molecule has 1 rings (SSSR count). The molecule has 1 heterocycles. The lowest BCUT2D eigenvalue weighted by Crippen LogP contribution is -2.26. The van der Waals surface area contributed by atoms with Crippen molar-refractivity contribution in [2.75, 3.05) is 0 Å². The third-order valence-electron chi connectivity index (χ3n) is 2.24. The summed E-state index contributed by atoms with van der Waals surface area (Å²) >= 11 is 0. The van der Waals surface area contributed by atoms with E-state index in [9.17, 15) is 4.79 Å². The summed E-state index contributed by atoms with van der Waals surface area (Å²) in [7, 11) is 0. The van der Waals surface area contributed by atoms with Gasteiger partial charge in [-0.2, -0.15) is 0 Å². The summed E-state index contributed by atoms with van der Waals surface area (Å²) < 4.78 is 5.33. The predicted octanol–water partition coefficient (Wildman–Crippen LogP) is 1.94. The van der Waals surface area contributed by atoms with Crippen LogP contribution in [-0.2, 0) is 11.2 Å². The highest BCUT2D eigenvalue weighted by Gasteiger charge is 2.29. The maximum atomic E-state index is 10.8. The van der Waals surface area contributed by atoms with Gasteiger partial charge in [0, 0.05) is 6.42 Å². The standard InChI is InChI=1S/C10H15NO3/c1-6-7(2)14-8(11-6)5-10(3,4)9(12)13/h5H2,1-4H3,(H,12,13). The Labute approximate surface area is 83.0 Å². The Bertz CT molecular complexity index is 333. The largest absolute Gasteiger partial charge is 0.481 e. The Hall–Kier alpha value is -1.32. The molecule has 0 aliphatic heterocycles. The van der Waals surface area contributed by atoms with Gasteiger partial charge in [-0.15, -0.1) is 0 Å². The number of carbonyl (C=O) groups is 1. The predicted molar refractivity (Wildman–Crippen MR) is 51.1 cm³/mol. The van der Waals surface area contributed by atoms with E-state index in [-0.39, 0.29) is 0 Å². The van der Waals surface area contributed by atoms with Crippen LogP contribution in [0.25, 0.3) is 0 Å². The van der Waals surface area contributed by atoms with Crippen molar-refractivity contribution in [2.24, 2.45) is 5.41 Å². The maximum absolute atomic E-state index is 10.8. The Kier molecular flexibility index (Phi) is 2.64. The van der Waals surface area contributed by atoms with E-state index in [1.165, 1.54) is 0 Å². The second kappa shape index (κ2) is 3.44. The minimum Gasteiger partial charge on any atom is -0.481 e. The molecule has 0 unspecified atom stereocenters. The van der Waals surface area contributed by atoms with Gasteiger partial charge in [-0.1, -0.05) is 0 Å². The first-order chi connectivity index (χ1) is 6.33. The topological polar surface area (TPSA) is 63.3 Å². The Morgan fingerprint density at radius 3 is 2.43 bits per heavy atom. The fourth-order valence-corrected chi connectivity index (χ4v) is 1.07. The molecule has 0 bridgehead atoms. The minimum absolute atomic E-state index is 0.316. The average Bonchev–Trinajstić information content (AvgIpc) is 2.29. The lowest BCUT2D eigenvalue weighted by Gasteiger charge is -2.15. The van der Waals surface area contributed by atoms with E-state index in [1.54, 1.807) is 13.8 Å². The van der Waals surface area contributed by atoms with E-state index < -0.39 is 11.4 Å². The Balaban J connectivity index is 2.84. The van der Waals surface area contributed by atoms with Crippen molar-refractivity contribution in [3.63, 3.8) is 0 Å². The fraction of sp³-hybridized carbons (Fsp3) is 0.600. The van der Waals surface area contributed by atoms with Gasteiger partial charge in [0.05, 0.1) is 11.1 Å². The van der Waals surface area contributed by atoms with Crippen LogP contribution in [0.5, 0.6) is 0 Å². The number of nitrogens with zero attached hydrogens (tertiary/aromatic N) is 1. The first-order valence-electron chi connectivity index (χ1n) is 4.49. The van der Waals surface area contributed by atoms with Crippen LogP contribution in [0.15, 0.2) is 4.42 Å². The van der Waals surface area contributed by atoms with Crippen molar-refractivity contribution in [3.05, 3.63) is 17.3 Å². The van der Waals surface area contributed by atoms with Crippen molar-refractivity contribution in [3.8, 4) is 0 Å². The molecule has 0 spiro atoms. The molecule has 4 nitrogen and oxygen atoms in total. The summed E-state index contributed by atoms with van der Waals surface area (Å²) in [6, 6.07) is 0. The number of carboxylic acid groups (broad SMARTS) is 1. The van der Waals surface area contributed by atoms with Gasteiger partial charge in [0.2, 0.25) is 0 Å². The zero-order valence-electron chi connectivity index (χ0n) is 8.92. The second-order valence-electron chi connectivity index (χ2n) is 4.12. The first-order valence-corrected chi connectivity index (χ1v) is 4.49. The molecule has 0 atom stereocenters. The smallest absolute Gasteiger partial charge is 0.309 e. The minimum atomic E-state index is -0.842. The normalized spacial score (nSPS) is 11.7. The summed E-state index contributed by atoms with van der Waals surface area (Å²) in [5, 5.41) is 8.91. The zero-order chi connectivity index (χ0) is 10.9. The lowest BCUT2D eigenvalue weighted by atomic mass is 9.90.